The van der Waals surface area contributed by atoms with Crippen molar-refractivity contribution in [3.63, 3.8) is 0 Å². The molecule has 1 saturated heterocycles. The molecule has 1 heterocycles. The van der Waals surface area contributed by atoms with Gasteiger partial charge in [-0.3, -0.25) is 0 Å². The largest absolute Gasteiger partial charge is 0.389 e. The van der Waals surface area contributed by atoms with Crippen LogP contribution in [-0.2, 0) is 30.7 Å². The molecule has 0 aromatic heterocycles. The molecule has 0 amide bonds. The second-order valence-electron chi connectivity index (χ2n) is 6.52. The predicted molar refractivity (Wildman–Crippen MR) is 114 cm³/mol. The van der Waals surface area contributed by atoms with Crippen LogP contribution in [0.4, 0.5) is 0 Å². The minimum Gasteiger partial charge on any atom is -0.389 e. The summed E-state index contributed by atoms with van der Waals surface area (Å²) in [5.74, 6) is 0.690. The van der Waals surface area contributed by atoms with Crippen molar-refractivity contribution in [1.82, 2.24) is 4.31 Å². The number of nitrogens with zero attached hydrogens (tertiary/aromatic N) is 2. The average molecular weight is 477 g/mol. The van der Waals surface area contributed by atoms with Crippen molar-refractivity contribution >= 4 is 42.3 Å². The summed E-state index contributed by atoms with van der Waals surface area (Å²) in [7, 11) is -8.27. The average Bonchev–Trinajstić information content (AvgIpc) is 2.68. The van der Waals surface area contributed by atoms with Gasteiger partial charge < -0.3 is 5.11 Å². The van der Waals surface area contributed by atoms with Gasteiger partial charge in [0.05, 0.1) is 15.9 Å². The molecule has 2 aromatic carbocycles. The molecule has 0 saturated carbocycles. The zero-order valence-corrected chi connectivity index (χ0v) is 18.8. The van der Waals surface area contributed by atoms with Gasteiger partial charge in [0.1, 0.15) is 0 Å². The summed E-state index contributed by atoms with van der Waals surface area (Å²) >= 11 is 5.81. The molecule has 1 aliphatic heterocycles. The first-order valence-corrected chi connectivity index (χ1v) is 13.6. The van der Waals surface area contributed by atoms with E-state index in [1.165, 1.54) is 40.7 Å². The number of aliphatic hydroxyl groups is 1. The van der Waals surface area contributed by atoms with Gasteiger partial charge in [-0.05, 0) is 48.9 Å². The van der Waals surface area contributed by atoms with Gasteiger partial charge in [-0.15, -0.1) is 3.77 Å². The fraction of sp³-hybridized carbons (Fsp3) is 0.333. The SMILES string of the molecule is CC(O)c1ccc(S(=O)(=O)N=S2CCN(S(=O)(=O)c3ccc(Cl)cc3)CC2)cc1. The molecule has 1 N–H and O–H groups in total. The van der Waals surface area contributed by atoms with Gasteiger partial charge in [0.2, 0.25) is 10.0 Å². The summed E-state index contributed by atoms with van der Waals surface area (Å²) in [4.78, 5) is 0.220. The number of benzene rings is 2. The van der Waals surface area contributed by atoms with E-state index in [2.05, 4.69) is 3.77 Å². The summed E-state index contributed by atoms with van der Waals surface area (Å²) in [6.45, 7) is 2.00. The van der Waals surface area contributed by atoms with Gasteiger partial charge in [-0.1, -0.05) is 34.4 Å². The van der Waals surface area contributed by atoms with E-state index in [4.69, 9.17) is 11.6 Å². The van der Waals surface area contributed by atoms with Crippen LogP contribution in [0.25, 0.3) is 0 Å². The van der Waals surface area contributed by atoms with Gasteiger partial charge in [-0.25, -0.2) is 8.42 Å². The third-order valence-electron chi connectivity index (χ3n) is 4.47. The monoisotopic (exact) mass is 476 g/mol. The second-order valence-corrected chi connectivity index (χ2v) is 12.7. The molecule has 1 unspecified atom stereocenters. The highest BCUT2D eigenvalue weighted by molar-refractivity contribution is 8.00. The Hall–Kier alpha value is -1.30. The topological polar surface area (TPSA) is 104 Å². The Morgan fingerprint density at radius 1 is 0.966 bits per heavy atom. The van der Waals surface area contributed by atoms with E-state index < -0.39 is 36.8 Å². The highest BCUT2D eigenvalue weighted by Gasteiger charge is 2.28. The highest BCUT2D eigenvalue weighted by Crippen LogP contribution is 2.22. The smallest absolute Gasteiger partial charge is 0.287 e. The molecule has 1 fully saturated rings. The number of halogens is 1. The van der Waals surface area contributed by atoms with Crippen LogP contribution in [0.5, 0.6) is 0 Å². The maximum absolute atomic E-state index is 12.7. The second kappa shape index (κ2) is 8.83. The number of hydrogen-bond acceptors (Lipinski definition) is 5. The maximum atomic E-state index is 12.7. The molecular formula is C18H21ClN2O5S3. The van der Waals surface area contributed by atoms with Crippen molar-refractivity contribution in [2.45, 2.75) is 22.8 Å². The minimum absolute atomic E-state index is 0.0608. The fourth-order valence-electron chi connectivity index (χ4n) is 2.80. The van der Waals surface area contributed by atoms with E-state index in [9.17, 15) is 21.9 Å². The zero-order valence-electron chi connectivity index (χ0n) is 15.6. The highest BCUT2D eigenvalue weighted by atomic mass is 35.5. The molecular weight excluding hydrogens is 456 g/mol. The molecule has 3 rings (SSSR count). The molecule has 29 heavy (non-hydrogen) atoms. The minimum atomic E-state index is -3.84. The van der Waals surface area contributed by atoms with Crippen molar-refractivity contribution in [2.24, 2.45) is 3.77 Å². The molecule has 158 valence electrons. The Morgan fingerprint density at radius 2 is 1.48 bits per heavy atom. The summed E-state index contributed by atoms with van der Waals surface area (Å²) < 4.78 is 55.9. The van der Waals surface area contributed by atoms with E-state index in [1.807, 2.05) is 0 Å². The summed E-state index contributed by atoms with van der Waals surface area (Å²) in [6.07, 6.45) is -0.683. The Balaban J connectivity index is 1.72. The Morgan fingerprint density at radius 3 is 2.00 bits per heavy atom. The van der Waals surface area contributed by atoms with Gasteiger partial charge in [0.15, 0.2) is 0 Å². The first kappa shape index (κ1) is 22.4. The Kier molecular flexibility index (Phi) is 6.81. The molecule has 0 bridgehead atoms. The normalized spacial score (nSPS) is 17.8. The lowest BCUT2D eigenvalue weighted by Gasteiger charge is -2.27. The first-order valence-electron chi connectivity index (χ1n) is 8.79. The van der Waals surface area contributed by atoms with Crippen LogP contribution in [0.1, 0.15) is 18.6 Å². The third kappa shape index (κ3) is 5.25. The number of rotatable bonds is 5. The maximum Gasteiger partial charge on any atom is 0.287 e. The number of aliphatic hydroxyl groups excluding tert-OH is 1. The number of sulfonamides is 2. The standard InChI is InChI=1S/C18H21ClN2O5S3/c1-14(22)15-2-6-17(7-3-15)28(23,24)20-27-12-10-21(11-13-27)29(25,26)18-8-4-16(19)5-9-18/h2-9,14,22H,10-13H2,1H3. The van der Waals surface area contributed by atoms with Crippen molar-refractivity contribution in [3.05, 3.63) is 59.1 Å². The third-order valence-corrected chi connectivity index (χ3v) is 10.4. The zero-order chi connectivity index (χ0) is 21.2. The molecule has 0 radical (unpaired) electrons. The Labute approximate surface area is 178 Å². The lowest BCUT2D eigenvalue weighted by molar-refractivity contribution is 0.199. The summed E-state index contributed by atoms with van der Waals surface area (Å²) in [6, 6.07) is 11.9. The van der Waals surface area contributed by atoms with E-state index in [0.717, 1.165) is 0 Å². The van der Waals surface area contributed by atoms with E-state index >= 15 is 0 Å². The quantitative estimate of drug-likeness (QED) is 0.714. The lowest BCUT2D eigenvalue weighted by atomic mass is 10.1. The molecule has 1 atom stereocenters. The van der Waals surface area contributed by atoms with Crippen LogP contribution in [0.3, 0.4) is 0 Å². The molecule has 0 aliphatic carbocycles. The number of hydrogen-bond donors (Lipinski definition) is 1. The Bertz CT molecular complexity index is 1100. The molecule has 2 aromatic rings. The van der Waals surface area contributed by atoms with E-state index in [0.29, 0.717) is 22.1 Å². The van der Waals surface area contributed by atoms with Gasteiger partial charge in [0, 0.05) is 29.6 Å². The van der Waals surface area contributed by atoms with Crippen LogP contribution in [-0.4, -0.2) is 50.8 Å². The summed E-state index contributed by atoms with van der Waals surface area (Å²) in [5, 5.41) is 9.99. The van der Waals surface area contributed by atoms with Crippen molar-refractivity contribution in [1.29, 1.82) is 0 Å². The van der Waals surface area contributed by atoms with Crippen LogP contribution in [0, 0.1) is 0 Å². The molecule has 7 nitrogen and oxygen atoms in total. The van der Waals surface area contributed by atoms with Crippen LogP contribution < -0.4 is 0 Å². The molecule has 1 aliphatic rings. The van der Waals surface area contributed by atoms with Gasteiger partial charge >= 0.3 is 0 Å². The predicted octanol–water partition coefficient (Wildman–Crippen LogP) is 2.59. The molecule has 0 spiro atoms. The van der Waals surface area contributed by atoms with Crippen LogP contribution in [0.2, 0.25) is 5.02 Å². The van der Waals surface area contributed by atoms with Crippen LogP contribution in [0.15, 0.2) is 62.1 Å². The van der Waals surface area contributed by atoms with Crippen molar-refractivity contribution < 1.29 is 21.9 Å². The first-order chi connectivity index (χ1) is 13.6. The van der Waals surface area contributed by atoms with E-state index in [1.54, 1.807) is 19.1 Å². The van der Waals surface area contributed by atoms with Gasteiger partial charge in [0.25, 0.3) is 10.0 Å². The molecule has 11 heteroatoms. The van der Waals surface area contributed by atoms with E-state index in [-0.39, 0.29) is 22.9 Å². The summed E-state index contributed by atoms with van der Waals surface area (Å²) in [5.41, 5.74) is 0.618. The van der Waals surface area contributed by atoms with Crippen molar-refractivity contribution in [2.75, 3.05) is 24.6 Å². The van der Waals surface area contributed by atoms with Crippen molar-refractivity contribution in [3.8, 4) is 0 Å². The lowest BCUT2D eigenvalue weighted by Crippen LogP contribution is -2.41. The van der Waals surface area contributed by atoms with Gasteiger partial charge in [-0.2, -0.15) is 12.7 Å². The van der Waals surface area contributed by atoms with Crippen LogP contribution >= 0.6 is 11.6 Å². The fourth-order valence-corrected chi connectivity index (χ4v) is 8.19.